The summed E-state index contributed by atoms with van der Waals surface area (Å²) in [7, 11) is 17.8. The maximum Gasteiger partial charge on any atom is 0.0780 e. The van der Waals surface area contributed by atoms with Crippen LogP contribution in [0.25, 0.3) is 0 Å². The summed E-state index contributed by atoms with van der Waals surface area (Å²) in [6.45, 7) is 2.60. The van der Waals surface area contributed by atoms with Gasteiger partial charge in [0.25, 0.3) is 0 Å². The van der Waals surface area contributed by atoms with Gasteiger partial charge in [0.2, 0.25) is 0 Å². The molecule has 0 aliphatic carbocycles. The molecule has 0 atom stereocenters. The first kappa shape index (κ1) is 18.6. The summed E-state index contributed by atoms with van der Waals surface area (Å²) in [6, 6.07) is 0. The minimum atomic E-state index is 1.10. The third kappa shape index (κ3) is 16.6. The highest BCUT2D eigenvalue weighted by Gasteiger charge is 2.06. The molecule has 0 aliphatic rings. The molecule has 0 aromatic rings. The van der Waals surface area contributed by atoms with E-state index in [9.17, 15) is 0 Å². The number of hydrogen-bond acceptors (Lipinski definition) is 2. The molecule has 0 fully saturated rings. The number of hydrogen-bond donors (Lipinski definition) is 0. The zero-order valence-corrected chi connectivity index (χ0v) is 15.0. The van der Waals surface area contributed by atoms with E-state index in [1.54, 1.807) is 0 Å². The van der Waals surface area contributed by atoms with Gasteiger partial charge in [-0.15, -0.1) is 0 Å². The Hall–Kier alpha value is 0.620. The van der Waals surface area contributed by atoms with Crippen molar-refractivity contribution in [2.75, 3.05) is 66.9 Å². The lowest BCUT2D eigenvalue weighted by molar-refractivity contribution is -0.870. The molecule has 0 heterocycles. The molecule has 0 spiro atoms. The molecule has 0 saturated carbocycles. The summed E-state index contributed by atoms with van der Waals surface area (Å²) in [5.74, 6) is 2.64. The zero-order chi connectivity index (χ0) is 14.1. The van der Waals surface area contributed by atoms with Crippen LogP contribution in [0.2, 0.25) is 0 Å². The maximum absolute atomic E-state index is 2.27. The summed E-state index contributed by atoms with van der Waals surface area (Å²) < 4.78 is 2.20. The second-order valence-electron chi connectivity index (χ2n) is 7.09. The molecule has 0 bridgehead atoms. The molecule has 110 valence electrons. The first-order valence-electron chi connectivity index (χ1n) is 7.06. The van der Waals surface area contributed by atoms with Crippen LogP contribution in [-0.4, -0.2) is 75.8 Å². The Morgan fingerprint density at radius 3 is 1.17 bits per heavy atom. The molecule has 0 amide bonds. The lowest BCUT2D eigenvalue weighted by Crippen LogP contribution is -2.35. The number of rotatable bonds is 11. The predicted molar refractivity (Wildman–Crippen MR) is 89.2 cm³/mol. The zero-order valence-electron chi connectivity index (χ0n) is 13.4. The van der Waals surface area contributed by atoms with Crippen molar-refractivity contribution in [3.05, 3.63) is 0 Å². The van der Waals surface area contributed by atoms with Gasteiger partial charge in [-0.1, -0.05) is 21.6 Å². The highest BCUT2D eigenvalue weighted by molar-refractivity contribution is 8.76. The van der Waals surface area contributed by atoms with Gasteiger partial charge in [-0.2, -0.15) is 0 Å². The van der Waals surface area contributed by atoms with E-state index in [1.807, 2.05) is 0 Å². The van der Waals surface area contributed by atoms with Crippen molar-refractivity contribution in [1.29, 1.82) is 0 Å². The van der Waals surface area contributed by atoms with E-state index in [0.717, 1.165) is 8.97 Å². The Morgan fingerprint density at radius 2 is 0.889 bits per heavy atom. The highest BCUT2D eigenvalue weighted by atomic mass is 33.1. The van der Waals surface area contributed by atoms with Crippen molar-refractivity contribution in [3.63, 3.8) is 0 Å². The van der Waals surface area contributed by atoms with E-state index >= 15 is 0 Å². The van der Waals surface area contributed by atoms with Crippen molar-refractivity contribution >= 4 is 21.6 Å². The molecule has 0 N–H and O–H groups in total. The van der Waals surface area contributed by atoms with Crippen molar-refractivity contribution in [2.24, 2.45) is 0 Å². The van der Waals surface area contributed by atoms with Gasteiger partial charge in [-0.25, -0.2) is 0 Å². The van der Waals surface area contributed by atoms with Gasteiger partial charge in [0.15, 0.2) is 0 Å². The molecule has 0 radical (unpaired) electrons. The van der Waals surface area contributed by atoms with E-state index in [-0.39, 0.29) is 0 Å². The van der Waals surface area contributed by atoms with Crippen LogP contribution in [0.5, 0.6) is 0 Å². The second kappa shape index (κ2) is 9.51. The standard InChI is InChI=1S/C14H34N2S2/c1-15(2,3)11-7-9-13-17-18-14-10-8-12-16(4,5)6/h7-14H2,1-6H3/q+2. The molecule has 0 saturated heterocycles. The summed E-state index contributed by atoms with van der Waals surface area (Å²) in [5, 5.41) is 0. The Balaban J connectivity index is 3.13. The van der Waals surface area contributed by atoms with Crippen molar-refractivity contribution in [1.82, 2.24) is 0 Å². The number of unbranched alkanes of at least 4 members (excludes halogenated alkanes) is 2. The predicted octanol–water partition coefficient (Wildman–Crippen LogP) is 3.34. The third-order valence-corrected chi connectivity index (χ3v) is 5.27. The van der Waals surface area contributed by atoms with Crippen LogP contribution in [0.15, 0.2) is 0 Å². The topological polar surface area (TPSA) is 0 Å². The summed E-state index contributed by atoms with van der Waals surface area (Å²) >= 11 is 0. The highest BCUT2D eigenvalue weighted by Crippen LogP contribution is 2.23. The fraction of sp³-hybridized carbons (Fsp3) is 1.00. The average Bonchev–Trinajstić information content (AvgIpc) is 2.17. The average molecular weight is 295 g/mol. The van der Waals surface area contributed by atoms with Crippen LogP contribution in [0.3, 0.4) is 0 Å². The van der Waals surface area contributed by atoms with Crippen molar-refractivity contribution in [2.45, 2.75) is 25.7 Å². The molecule has 0 aliphatic heterocycles. The minimum absolute atomic E-state index is 1.10. The van der Waals surface area contributed by atoms with Crippen LogP contribution < -0.4 is 0 Å². The van der Waals surface area contributed by atoms with Crippen molar-refractivity contribution < 1.29 is 8.97 Å². The summed E-state index contributed by atoms with van der Waals surface area (Å²) in [4.78, 5) is 0. The SMILES string of the molecule is C[N+](C)(C)CCCCSSCCCC[N+](C)(C)C. The smallest absolute Gasteiger partial charge is 0.0780 e. The van der Waals surface area contributed by atoms with E-state index in [2.05, 4.69) is 63.9 Å². The molecular weight excluding hydrogens is 260 g/mol. The Kier molecular flexibility index (Phi) is 9.84. The van der Waals surface area contributed by atoms with Crippen LogP contribution in [0.1, 0.15) is 25.7 Å². The van der Waals surface area contributed by atoms with Crippen molar-refractivity contribution in [3.8, 4) is 0 Å². The Morgan fingerprint density at radius 1 is 0.556 bits per heavy atom. The molecular formula is C14H34N2S2+2. The fourth-order valence-electron chi connectivity index (χ4n) is 1.61. The first-order valence-corrected chi connectivity index (χ1v) is 9.55. The van der Waals surface area contributed by atoms with Crippen LogP contribution in [0, 0.1) is 0 Å². The van der Waals surface area contributed by atoms with E-state index < -0.39 is 0 Å². The van der Waals surface area contributed by atoms with Gasteiger partial charge in [0.05, 0.1) is 55.4 Å². The summed E-state index contributed by atoms with van der Waals surface area (Å²) in [5.41, 5.74) is 0. The lowest BCUT2D eigenvalue weighted by atomic mass is 10.3. The largest absolute Gasteiger partial charge is 0.331 e. The Bertz CT molecular complexity index is 173. The first-order chi connectivity index (χ1) is 8.21. The summed E-state index contributed by atoms with van der Waals surface area (Å²) in [6.07, 6.45) is 5.45. The molecule has 0 aromatic heterocycles. The van der Waals surface area contributed by atoms with Crippen LogP contribution >= 0.6 is 21.6 Å². The molecule has 18 heavy (non-hydrogen) atoms. The van der Waals surface area contributed by atoms with Gasteiger partial charge in [-0.05, 0) is 25.7 Å². The van der Waals surface area contributed by atoms with E-state index in [4.69, 9.17) is 0 Å². The molecule has 0 unspecified atom stereocenters. The van der Waals surface area contributed by atoms with Gasteiger partial charge < -0.3 is 8.97 Å². The monoisotopic (exact) mass is 294 g/mol. The number of nitrogens with zero attached hydrogens (tertiary/aromatic N) is 2. The van der Waals surface area contributed by atoms with E-state index in [1.165, 1.54) is 50.3 Å². The van der Waals surface area contributed by atoms with Crippen LogP contribution in [0.4, 0.5) is 0 Å². The quantitative estimate of drug-likeness (QED) is 0.326. The number of quaternary nitrogens is 2. The Labute approximate surface area is 123 Å². The van der Waals surface area contributed by atoms with E-state index in [0.29, 0.717) is 0 Å². The lowest BCUT2D eigenvalue weighted by Gasteiger charge is -2.23. The molecule has 0 rings (SSSR count). The normalized spacial score (nSPS) is 13.0. The van der Waals surface area contributed by atoms with Gasteiger partial charge in [0, 0.05) is 11.5 Å². The second-order valence-corrected chi connectivity index (χ2v) is 9.79. The van der Waals surface area contributed by atoms with Gasteiger partial charge >= 0.3 is 0 Å². The third-order valence-electron chi connectivity index (χ3n) is 2.70. The van der Waals surface area contributed by atoms with Gasteiger partial charge in [-0.3, -0.25) is 0 Å². The van der Waals surface area contributed by atoms with Gasteiger partial charge in [0.1, 0.15) is 0 Å². The van der Waals surface area contributed by atoms with Crippen LogP contribution in [-0.2, 0) is 0 Å². The maximum atomic E-state index is 2.27. The fourth-order valence-corrected chi connectivity index (χ4v) is 3.91. The molecule has 0 aromatic carbocycles. The minimum Gasteiger partial charge on any atom is -0.331 e. The molecule has 4 heteroatoms. The molecule has 2 nitrogen and oxygen atoms in total.